The summed E-state index contributed by atoms with van der Waals surface area (Å²) in [5, 5.41) is 21.5. The highest BCUT2D eigenvalue weighted by Gasteiger charge is 2.22. The SMILES string of the molecule is CC[C@H](C)[C@@H](N)C(=O)OCc1cc([N+](=O)[O-])cc([N+](=O)[O-])c1. The second kappa shape index (κ2) is 7.46. The van der Waals surface area contributed by atoms with Crippen molar-refractivity contribution < 1.29 is 19.4 Å². The number of hydrogen-bond acceptors (Lipinski definition) is 7. The van der Waals surface area contributed by atoms with Gasteiger partial charge in [-0.05, 0) is 5.92 Å². The van der Waals surface area contributed by atoms with Crippen LogP contribution in [-0.2, 0) is 16.1 Å². The van der Waals surface area contributed by atoms with Crippen LogP contribution >= 0.6 is 0 Å². The van der Waals surface area contributed by atoms with Gasteiger partial charge in [0.15, 0.2) is 0 Å². The first-order chi connectivity index (χ1) is 10.3. The Hall–Kier alpha value is -2.55. The molecule has 1 aromatic carbocycles. The van der Waals surface area contributed by atoms with Gasteiger partial charge in [0.1, 0.15) is 12.6 Å². The summed E-state index contributed by atoms with van der Waals surface area (Å²) in [6, 6.07) is 2.28. The van der Waals surface area contributed by atoms with Gasteiger partial charge in [0.25, 0.3) is 11.4 Å². The second-order valence-corrected chi connectivity index (χ2v) is 4.89. The van der Waals surface area contributed by atoms with E-state index in [2.05, 4.69) is 0 Å². The molecule has 9 nitrogen and oxygen atoms in total. The Kier molecular flexibility index (Phi) is 5.93. The Labute approximate surface area is 126 Å². The molecule has 0 aliphatic carbocycles. The third-order valence-corrected chi connectivity index (χ3v) is 3.29. The molecule has 22 heavy (non-hydrogen) atoms. The van der Waals surface area contributed by atoms with Crippen LogP contribution in [0.1, 0.15) is 25.8 Å². The number of hydrogen-bond donors (Lipinski definition) is 1. The average molecular weight is 311 g/mol. The zero-order chi connectivity index (χ0) is 16.9. The maximum atomic E-state index is 11.7. The maximum Gasteiger partial charge on any atom is 0.323 e. The van der Waals surface area contributed by atoms with Crippen molar-refractivity contribution >= 4 is 17.3 Å². The van der Waals surface area contributed by atoms with E-state index < -0.39 is 33.2 Å². The van der Waals surface area contributed by atoms with Crippen molar-refractivity contribution in [2.75, 3.05) is 0 Å². The monoisotopic (exact) mass is 311 g/mol. The molecule has 1 rings (SSSR count). The Bertz CT molecular complexity index is 557. The molecule has 120 valence electrons. The molecule has 1 aromatic rings. The van der Waals surface area contributed by atoms with Crippen LogP contribution in [0.3, 0.4) is 0 Å². The first-order valence-electron chi connectivity index (χ1n) is 6.61. The van der Waals surface area contributed by atoms with E-state index in [1.807, 2.05) is 6.92 Å². The Morgan fingerprint density at radius 3 is 2.14 bits per heavy atom. The highest BCUT2D eigenvalue weighted by Crippen LogP contribution is 2.23. The fraction of sp³-hybridized carbons (Fsp3) is 0.462. The molecule has 0 aliphatic rings. The number of nitrogens with two attached hydrogens (primary N) is 1. The van der Waals surface area contributed by atoms with Crippen LogP contribution in [0.25, 0.3) is 0 Å². The summed E-state index contributed by atoms with van der Waals surface area (Å²) in [6.07, 6.45) is 0.693. The summed E-state index contributed by atoms with van der Waals surface area (Å²) >= 11 is 0. The number of esters is 1. The minimum Gasteiger partial charge on any atom is -0.460 e. The molecule has 0 unspecified atom stereocenters. The van der Waals surface area contributed by atoms with Crippen LogP contribution in [0.5, 0.6) is 0 Å². The van der Waals surface area contributed by atoms with E-state index in [0.717, 1.165) is 18.2 Å². The molecular formula is C13H17N3O6. The van der Waals surface area contributed by atoms with E-state index in [9.17, 15) is 25.0 Å². The number of non-ortho nitro benzene ring substituents is 2. The molecule has 2 atom stereocenters. The van der Waals surface area contributed by atoms with Crippen molar-refractivity contribution in [1.82, 2.24) is 0 Å². The molecule has 0 spiro atoms. The lowest BCUT2D eigenvalue weighted by molar-refractivity contribution is -0.394. The predicted molar refractivity (Wildman–Crippen MR) is 77.0 cm³/mol. The fourth-order valence-corrected chi connectivity index (χ4v) is 1.69. The summed E-state index contributed by atoms with van der Waals surface area (Å²) in [6.45, 7) is 3.36. The number of nitrogens with zero attached hydrogens (tertiary/aromatic N) is 2. The molecule has 9 heteroatoms. The minimum atomic E-state index is -0.807. The Morgan fingerprint density at radius 2 is 1.73 bits per heavy atom. The van der Waals surface area contributed by atoms with Gasteiger partial charge in [-0.2, -0.15) is 0 Å². The predicted octanol–water partition coefficient (Wildman–Crippen LogP) is 1.92. The first kappa shape index (κ1) is 17.5. The van der Waals surface area contributed by atoms with Crippen LogP contribution in [0, 0.1) is 26.1 Å². The lowest BCUT2D eigenvalue weighted by Crippen LogP contribution is -2.37. The lowest BCUT2D eigenvalue weighted by Gasteiger charge is -2.16. The number of nitro groups is 2. The van der Waals surface area contributed by atoms with E-state index in [4.69, 9.17) is 10.5 Å². The summed E-state index contributed by atoms with van der Waals surface area (Å²) in [5.74, 6) is -0.726. The van der Waals surface area contributed by atoms with Gasteiger partial charge in [0, 0.05) is 17.7 Å². The van der Waals surface area contributed by atoms with Gasteiger partial charge < -0.3 is 10.5 Å². The molecular weight excluding hydrogens is 294 g/mol. The van der Waals surface area contributed by atoms with Crippen LogP contribution in [0.4, 0.5) is 11.4 Å². The molecule has 0 radical (unpaired) electrons. The topological polar surface area (TPSA) is 139 Å². The van der Waals surface area contributed by atoms with Gasteiger partial charge in [-0.3, -0.25) is 25.0 Å². The average Bonchev–Trinajstić information content (AvgIpc) is 2.50. The van der Waals surface area contributed by atoms with Gasteiger partial charge in [-0.15, -0.1) is 0 Å². The molecule has 0 saturated heterocycles. The van der Waals surface area contributed by atoms with Crippen LogP contribution < -0.4 is 5.73 Å². The normalized spacial score (nSPS) is 13.2. The van der Waals surface area contributed by atoms with Crippen molar-refractivity contribution in [1.29, 1.82) is 0 Å². The van der Waals surface area contributed by atoms with Crippen LogP contribution in [0.2, 0.25) is 0 Å². The van der Waals surface area contributed by atoms with E-state index >= 15 is 0 Å². The van der Waals surface area contributed by atoms with Crippen molar-refractivity contribution in [3.63, 3.8) is 0 Å². The minimum absolute atomic E-state index is 0.0769. The standard InChI is InChI=1S/C13H17N3O6/c1-3-8(2)12(14)13(17)22-7-9-4-10(15(18)19)6-11(5-9)16(20)21/h4-6,8,12H,3,7,14H2,1-2H3/t8-,12+/m0/s1. The number of nitro benzene ring substituents is 2. The first-order valence-corrected chi connectivity index (χ1v) is 6.61. The molecule has 0 aromatic heterocycles. The van der Waals surface area contributed by atoms with Gasteiger partial charge in [-0.1, -0.05) is 20.3 Å². The largest absolute Gasteiger partial charge is 0.460 e. The smallest absolute Gasteiger partial charge is 0.323 e. The maximum absolute atomic E-state index is 11.7. The van der Waals surface area contributed by atoms with Crippen LogP contribution in [0.15, 0.2) is 18.2 Å². The summed E-state index contributed by atoms with van der Waals surface area (Å²) < 4.78 is 4.97. The number of carbonyl (C=O) groups is 1. The van der Waals surface area contributed by atoms with E-state index in [-0.39, 0.29) is 18.1 Å². The van der Waals surface area contributed by atoms with E-state index in [1.165, 1.54) is 0 Å². The van der Waals surface area contributed by atoms with Gasteiger partial charge in [0.2, 0.25) is 0 Å². The van der Waals surface area contributed by atoms with Crippen molar-refractivity contribution in [2.45, 2.75) is 32.9 Å². The van der Waals surface area contributed by atoms with Crippen LogP contribution in [-0.4, -0.2) is 21.9 Å². The number of benzene rings is 1. The van der Waals surface area contributed by atoms with E-state index in [1.54, 1.807) is 6.92 Å². The van der Waals surface area contributed by atoms with Crippen molar-refractivity contribution in [3.05, 3.63) is 44.0 Å². The molecule has 0 amide bonds. The Morgan fingerprint density at radius 1 is 1.23 bits per heavy atom. The number of rotatable bonds is 7. The van der Waals surface area contributed by atoms with Crippen molar-refractivity contribution in [2.24, 2.45) is 11.7 Å². The Balaban J connectivity index is 2.87. The molecule has 0 heterocycles. The quantitative estimate of drug-likeness (QED) is 0.461. The molecule has 0 bridgehead atoms. The highest BCUT2D eigenvalue weighted by atomic mass is 16.6. The van der Waals surface area contributed by atoms with Gasteiger partial charge in [0.05, 0.1) is 15.9 Å². The highest BCUT2D eigenvalue weighted by molar-refractivity contribution is 5.75. The molecule has 0 aliphatic heterocycles. The van der Waals surface area contributed by atoms with Gasteiger partial charge in [-0.25, -0.2) is 0 Å². The van der Waals surface area contributed by atoms with Crippen molar-refractivity contribution in [3.8, 4) is 0 Å². The van der Waals surface area contributed by atoms with E-state index in [0.29, 0.717) is 6.42 Å². The fourth-order valence-electron chi connectivity index (χ4n) is 1.69. The summed E-state index contributed by atoms with van der Waals surface area (Å²) in [7, 11) is 0. The van der Waals surface area contributed by atoms with Gasteiger partial charge >= 0.3 is 5.97 Å². The zero-order valence-corrected chi connectivity index (χ0v) is 12.2. The third-order valence-electron chi connectivity index (χ3n) is 3.29. The number of carbonyl (C=O) groups excluding carboxylic acids is 1. The molecule has 0 saturated carbocycles. The molecule has 2 N–H and O–H groups in total. The zero-order valence-electron chi connectivity index (χ0n) is 12.2. The summed E-state index contributed by atoms with van der Waals surface area (Å²) in [4.78, 5) is 31.8. The molecule has 0 fully saturated rings. The second-order valence-electron chi connectivity index (χ2n) is 4.89. The lowest BCUT2D eigenvalue weighted by atomic mass is 10.0. The summed E-state index contributed by atoms with van der Waals surface area (Å²) in [5.41, 5.74) is 4.98. The third kappa shape index (κ3) is 4.48. The number of ether oxygens (including phenoxy) is 1.